The van der Waals surface area contributed by atoms with Gasteiger partial charge in [-0.05, 0) is 48.0 Å². The molecule has 2 N–H and O–H groups in total. The first kappa shape index (κ1) is 25.6. The van der Waals surface area contributed by atoms with Crippen molar-refractivity contribution in [1.82, 2.24) is 10.7 Å². The highest BCUT2D eigenvalue weighted by Gasteiger charge is 2.16. The van der Waals surface area contributed by atoms with Crippen molar-refractivity contribution in [3.63, 3.8) is 0 Å². The summed E-state index contributed by atoms with van der Waals surface area (Å²) in [4.78, 5) is 38.2. The van der Waals surface area contributed by atoms with Crippen LogP contribution >= 0.6 is 0 Å². The lowest BCUT2D eigenvalue weighted by Gasteiger charge is -2.12. The van der Waals surface area contributed by atoms with Gasteiger partial charge in [-0.15, -0.1) is 0 Å². The molecule has 36 heavy (non-hydrogen) atoms. The quantitative estimate of drug-likeness (QED) is 0.206. The second-order valence-electron chi connectivity index (χ2n) is 7.75. The van der Waals surface area contributed by atoms with Crippen LogP contribution in [0.25, 0.3) is 6.08 Å². The minimum Gasteiger partial charge on any atom is -0.490 e. The largest absolute Gasteiger partial charge is 0.490 e. The molecule has 0 fully saturated rings. The van der Waals surface area contributed by atoms with Gasteiger partial charge in [-0.3, -0.25) is 19.7 Å². The fraction of sp³-hybridized carbons (Fsp3) is 0.115. The first-order chi connectivity index (χ1) is 17.3. The maximum atomic E-state index is 12.9. The maximum Gasteiger partial charge on any atom is 0.311 e. The van der Waals surface area contributed by atoms with Gasteiger partial charge in [-0.25, -0.2) is 5.43 Å². The van der Waals surface area contributed by atoms with Crippen LogP contribution in [-0.4, -0.2) is 44.2 Å². The fourth-order valence-corrected chi connectivity index (χ4v) is 3.13. The Balaban J connectivity index is 1.83. The van der Waals surface area contributed by atoms with E-state index in [2.05, 4.69) is 15.8 Å². The predicted molar refractivity (Wildman–Crippen MR) is 138 cm³/mol. The molecule has 0 atom stereocenters. The SMILES string of the molecule is COc1ccc(/C=N/NC(=O)/C(=C/c2ccc(N(C)C)cc2)NC(=O)c2ccccc2)cc1[N+](=O)[O-]. The standard InChI is InChI=1S/C26H25N5O5/c1-30(2)21-12-9-18(10-13-21)15-22(28-25(32)20-7-5-4-6-8-20)26(33)29-27-17-19-11-14-24(36-3)23(16-19)31(34)35/h4-17H,1-3H3,(H,28,32)(H,29,33)/b22-15-,27-17+. The average Bonchev–Trinajstić information content (AvgIpc) is 2.88. The molecule has 0 aromatic heterocycles. The summed E-state index contributed by atoms with van der Waals surface area (Å²) in [6, 6.07) is 20.1. The maximum absolute atomic E-state index is 12.9. The van der Waals surface area contributed by atoms with E-state index in [1.54, 1.807) is 36.4 Å². The Morgan fingerprint density at radius 2 is 1.67 bits per heavy atom. The topological polar surface area (TPSA) is 126 Å². The molecule has 3 rings (SSSR count). The Hall–Kier alpha value is -4.99. The summed E-state index contributed by atoms with van der Waals surface area (Å²) < 4.78 is 4.98. The number of carbonyl (C=O) groups excluding carboxylic acids is 2. The number of carbonyl (C=O) groups is 2. The van der Waals surface area contributed by atoms with Gasteiger partial charge in [-0.2, -0.15) is 5.10 Å². The van der Waals surface area contributed by atoms with E-state index in [0.717, 1.165) is 5.69 Å². The van der Waals surface area contributed by atoms with Crippen LogP contribution < -0.4 is 20.4 Å². The van der Waals surface area contributed by atoms with Crippen molar-refractivity contribution >= 4 is 35.5 Å². The average molecular weight is 488 g/mol. The molecule has 0 spiro atoms. The highest BCUT2D eigenvalue weighted by molar-refractivity contribution is 6.05. The minimum absolute atomic E-state index is 0.0284. The number of nitro benzene ring substituents is 1. The number of nitro groups is 1. The van der Waals surface area contributed by atoms with Gasteiger partial charge in [0.25, 0.3) is 11.8 Å². The van der Waals surface area contributed by atoms with Crippen molar-refractivity contribution < 1.29 is 19.2 Å². The zero-order valence-electron chi connectivity index (χ0n) is 20.0. The van der Waals surface area contributed by atoms with Gasteiger partial charge < -0.3 is 15.0 Å². The number of hydrazone groups is 1. The normalized spacial score (nSPS) is 11.1. The third kappa shape index (κ3) is 6.76. The lowest BCUT2D eigenvalue weighted by atomic mass is 10.1. The van der Waals surface area contributed by atoms with Gasteiger partial charge in [0.05, 0.1) is 18.2 Å². The Morgan fingerprint density at radius 1 is 1.00 bits per heavy atom. The molecule has 0 saturated carbocycles. The molecule has 0 radical (unpaired) electrons. The summed E-state index contributed by atoms with van der Waals surface area (Å²) in [6.07, 6.45) is 2.79. The van der Waals surface area contributed by atoms with E-state index < -0.39 is 16.7 Å². The van der Waals surface area contributed by atoms with E-state index in [1.807, 2.05) is 43.3 Å². The van der Waals surface area contributed by atoms with E-state index in [4.69, 9.17) is 4.74 Å². The molecule has 0 heterocycles. The van der Waals surface area contributed by atoms with Crippen LogP contribution in [0, 0.1) is 10.1 Å². The van der Waals surface area contributed by atoms with Crippen LogP contribution in [0.5, 0.6) is 5.75 Å². The van der Waals surface area contributed by atoms with Gasteiger partial charge in [0.15, 0.2) is 5.75 Å². The van der Waals surface area contributed by atoms with Crippen LogP contribution in [0.15, 0.2) is 83.6 Å². The smallest absolute Gasteiger partial charge is 0.311 e. The number of hydrogen-bond donors (Lipinski definition) is 2. The number of hydrogen-bond acceptors (Lipinski definition) is 7. The Labute approximate surface area is 208 Å². The Bertz CT molecular complexity index is 1300. The molecule has 0 saturated heterocycles. The zero-order valence-corrected chi connectivity index (χ0v) is 20.0. The van der Waals surface area contributed by atoms with Crippen LogP contribution in [0.4, 0.5) is 11.4 Å². The summed E-state index contributed by atoms with van der Waals surface area (Å²) >= 11 is 0. The summed E-state index contributed by atoms with van der Waals surface area (Å²) in [5.41, 5.74) is 4.52. The molecule has 0 aliphatic heterocycles. The number of nitrogens with zero attached hydrogens (tertiary/aromatic N) is 3. The van der Waals surface area contributed by atoms with Crippen molar-refractivity contribution in [3.8, 4) is 5.75 Å². The summed E-state index contributed by atoms with van der Waals surface area (Å²) in [5, 5.41) is 17.7. The Kier molecular flexibility index (Phi) is 8.49. The number of amides is 2. The fourth-order valence-electron chi connectivity index (χ4n) is 3.13. The highest BCUT2D eigenvalue weighted by Crippen LogP contribution is 2.26. The van der Waals surface area contributed by atoms with E-state index in [-0.39, 0.29) is 17.1 Å². The van der Waals surface area contributed by atoms with Crippen LogP contribution in [-0.2, 0) is 4.79 Å². The monoisotopic (exact) mass is 487 g/mol. The predicted octanol–water partition coefficient (Wildman–Crippen LogP) is 3.59. The van der Waals surface area contributed by atoms with Gasteiger partial charge in [0, 0.05) is 37.0 Å². The van der Waals surface area contributed by atoms with Crippen molar-refractivity contribution in [2.24, 2.45) is 5.10 Å². The lowest BCUT2D eigenvalue weighted by Crippen LogP contribution is -2.32. The van der Waals surface area contributed by atoms with E-state index in [9.17, 15) is 19.7 Å². The molecule has 0 bridgehead atoms. The molecule has 10 heteroatoms. The number of benzene rings is 3. The molecular weight excluding hydrogens is 462 g/mol. The Morgan fingerprint density at radius 3 is 2.28 bits per heavy atom. The molecule has 3 aromatic carbocycles. The molecule has 0 aliphatic carbocycles. The zero-order chi connectivity index (χ0) is 26.1. The van der Waals surface area contributed by atoms with E-state index >= 15 is 0 Å². The van der Waals surface area contributed by atoms with Gasteiger partial charge in [0.1, 0.15) is 5.70 Å². The molecule has 2 amide bonds. The summed E-state index contributed by atoms with van der Waals surface area (Å²) in [6.45, 7) is 0. The van der Waals surface area contributed by atoms with Crippen molar-refractivity contribution in [2.75, 3.05) is 26.1 Å². The molecule has 10 nitrogen and oxygen atoms in total. The summed E-state index contributed by atoms with van der Waals surface area (Å²) in [5.74, 6) is -1.03. The van der Waals surface area contributed by atoms with Crippen molar-refractivity contribution in [3.05, 3.63) is 105 Å². The summed E-state index contributed by atoms with van der Waals surface area (Å²) in [7, 11) is 5.17. The minimum atomic E-state index is -0.671. The number of ether oxygens (including phenoxy) is 1. The first-order valence-corrected chi connectivity index (χ1v) is 10.8. The third-order valence-corrected chi connectivity index (χ3v) is 5.03. The molecule has 0 aliphatic rings. The number of nitrogens with one attached hydrogen (secondary N) is 2. The van der Waals surface area contributed by atoms with Crippen LogP contribution in [0.3, 0.4) is 0 Å². The third-order valence-electron chi connectivity index (χ3n) is 5.03. The van der Waals surface area contributed by atoms with Gasteiger partial charge in [0.2, 0.25) is 0 Å². The number of rotatable bonds is 9. The molecule has 3 aromatic rings. The van der Waals surface area contributed by atoms with Crippen molar-refractivity contribution in [1.29, 1.82) is 0 Å². The van der Waals surface area contributed by atoms with E-state index in [1.165, 1.54) is 31.5 Å². The van der Waals surface area contributed by atoms with Gasteiger partial charge >= 0.3 is 5.69 Å². The van der Waals surface area contributed by atoms with Crippen LogP contribution in [0.2, 0.25) is 0 Å². The van der Waals surface area contributed by atoms with E-state index in [0.29, 0.717) is 16.7 Å². The first-order valence-electron chi connectivity index (χ1n) is 10.8. The molecule has 0 unspecified atom stereocenters. The van der Waals surface area contributed by atoms with Gasteiger partial charge in [-0.1, -0.05) is 30.3 Å². The highest BCUT2D eigenvalue weighted by atomic mass is 16.6. The number of methoxy groups -OCH3 is 1. The molecule has 184 valence electrons. The second kappa shape index (κ2) is 11.9. The number of anilines is 1. The second-order valence-corrected chi connectivity index (χ2v) is 7.75. The van der Waals surface area contributed by atoms with Crippen molar-refractivity contribution in [2.45, 2.75) is 0 Å². The van der Waals surface area contributed by atoms with Crippen LogP contribution in [0.1, 0.15) is 21.5 Å². The molecular formula is C26H25N5O5. The lowest BCUT2D eigenvalue weighted by molar-refractivity contribution is -0.385.